The number of carbonyl (C=O) groups excluding carboxylic acids is 1. The summed E-state index contributed by atoms with van der Waals surface area (Å²) in [6, 6.07) is 6.14. The van der Waals surface area contributed by atoms with E-state index >= 15 is 0 Å². The molecule has 0 fully saturated rings. The van der Waals surface area contributed by atoms with Gasteiger partial charge in [0.25, 0.3) is 0 Å². The van der Waals surface area contributed by atoms with Crippen LogP contribution < -0.4 is 18.9 Å². The number of aliphatic hydroxyl groups excluding tert-OH is 1. The molecule has 0 bridgehead atoms. The van der Waals surface area contributed by atoms with Gasteiger partial charge in [-0.05, 0) is 35.9 Å². The van der Waals surface area contributed by atoms with Gasteiger partial charge in [0.15, 0.2) is 35.2 Å². The number of carbonyl (C=O) groups is 1. The van der Waals surface area contributed by atoms with Crippen LogP contribution >= 0.6 is 0 Å². The molecular weight excluding hydrogens is 368 g/mol. The van der Waals surface area contributed by atoms with Crippen molar-refractivity contribution < 1.29 is 39.1 Å². The van der Waals surface area contributed by atoms with E-state index < -0.39 is 18.0 Å². The molecule has 0 saturated heterocycles. The fraction of sp³-hybridized carbons (Fsp3) is 0.250. The van der Waals surface area contributed by atoms with E-state index in [4.69, 9.17) is 18.9 Å². The second-order valence-corrected chi connectivity index (χ2v) is 6.01. The SMILES string of the molecule is COc1cc([C@H]2Oc3cc(C=CC=O)cc(OC)c3O[C@@H]2CO)cc(O)c1O. The fourth-order valence-corrected chi connectivity index (χ4v) is 2.97. The van der Waals surface area contributed by atoms with E-state index in [1.54, 1.807) is 18.2 Å². The highest BCUT2D eigenvalue weighted by Gasteiger charge is 2.35. The predicted octanol–water partition coefficient (Wildman–Crippen LogP) is 2.20. The lowest BCUT2D eigenvalue weighted by Gasteiger charge is -2.34. The van der Waals surface area contributed by atoms with Crippen LogP contribution in [0.3, 0.4) is 0 Å². The molecule has 3 rings (SSSR count). The number of fused-ring (bicyclic) bond motifs is 1. The number of allylic oxidation sites excluding steroid dienone is 1. The molecular formula is C20H20O8. The minimum atomic E-state index is -0.800. The van der Waals surface area contributed by atoms with Crippen LogP contribution in [0.4, 0.5) is 0 Å². The molecule has 2 aromatic rings. The molecule has 1 aliphatic rings. The zero-order valence-electron chi connectivity index (χ0n) is 15.3. The standard InChI is InChI=1S/C20H20O8/c1-25-14-9-12(8-13(23)18(14)24)19-17(10-22)28-20-15(26-2)6-11(4-3-5-21)7-16(20)27-19/h3-9,17,19,22-24H,10H2,1-2H3/t17-,19-/m1/s1. The first-order chi connectivity index (χ1) is 13.5. The molecule has 0 aliphatic carbocycles. The largest absolute Gasteiger partial charge is 0.504 e. The highest BCUT2D eigenvalue weighted by Crippen LogP contribution is 2.48. The van der Waals surface area contributed by atoms with Crippen LogP contribution in [0.2, 0.25) is 0 Å². The zero-order valence-corrected chi connectivity index (χ0v) is 15.3. The maximum atomic E-state index is 10.6. The van der Waals surface area contributed by atoms with Gasteiger partial charge in [-0.15, -0.1) is 0 Å². The molecule has 0 amide bonds. The summed E-state index contributed by atoms with van der Waals surface area (Å²) in [5.41, 5.74) is 1.09. The van der Waals surface area contributed by atoms with Gasteiger partial charge < -0.3 is 34.3 Å². The first-order valence-electron chi connectivity index (χ1n) is 8.40. The quantitative estimate of drug-likeness (QED) is 0.392. The van der Waals surface area contributed by atoms with E-state index in [1.807, 2.05) is 0 Å². The Bertz CT molecular complexity index is 906. The van der Waals surface area contributed by atoms with Crippen LogP contribution in [0.15, 0.2) is 30.3 Å². The summed E-state index contributed by atoms with van der Waals surface area (Å²) in [6.07, 6.45) is 1.97. The summed E-state index contributed by atoms with van der Waals surface area (Å²) in [6.45, 7) is -0.371. The smallest absolute Gasteiger partial charge is 0.204 e. The van der Waals surface area contributed by atoms with Crippen molar-refractivity contribution in [2.45, 2.75) is 12.2 Å². The molecule has 3 N–H and O–H groups in total. The highest BCUT2D eigenvalue weighted by molar-refractivity contribution is 5.75. The van der Waals surface area contributed by atoms with Gasteiger partial charge in [-0.1, -0.05) is 6.08 Å². The molecule has 28 heavy (non-hydrogen) atoms. The van der Waals surface area contributed by atoms with Gasteiger partial charge in [-0.2, -0.15) is 0 Å². The van der Waals surface area contributed by atoms with Crippen molar-refractivity contribution in [1.29, 1.82) is 0 Å². The van der Waals surface area contributed by atoms with Crippen LogP contribution in [0, 0.1) is 0 Å². The summed E-state index contributed by atoms with van der Waals surface area (Å²) in [7, 11) is 2.82. The van der Waals surface area contributed by atoms with Crippen molar-refractivity contribution in [1.82, 2.24) is 0 Å². The first-order valence-corrected chi connectivity index (χ1v) is 8.40. The second-order valence-electron chi connectivity index (χ2n) is 6.01. The number of hydrogen-bond acceptors (Lipinski definition) is 8. The monoisotopic (exact) mass is 388 g/mol. The molecule has 1 heterocycles. The molecule has 1 aliphatic heterocycles. The van der Waals surface area contributed by atoms with Crippen molar-refractivity contribution in [2.24, 2.45) is 0 Å². The van der Waals surface area contributed by atoms with Gasteiger partial charge in [-0.25, -0.2) is 0 Å². The van der Waals surface area contributed by atoms with Crippen LogP contribution in [-0.2, 0) is 4.79 Å². The third-order valence-electron chi connectivity index (χ3n) is 4.30. The molecule has 148 valence electrons. The van der Waals surface area contributed by atoms with E-state index in [0.29, 0.717) is 34.7 Å². The number of methoxy groups -OCH3 is 2. The topological polar surface area (TPSA) is 115 Å². The number of benzene rings is 2. The van der Waals surface area contributed by atoms with Gasteiger partial charge in [-0.3, -0.25) is 4.79 Å². The van der Waals surface area contributed by atoms with Crippen molar-refractivity contribution in [3.8, 4) is 34.5 Å². The van der Waals surface area contributed by atoms with Gasteiger partial charge in [0.1, 0.15) is 6.29 Å². The predicted molar refractivity (Wildman–Crippen MR) is 99.3 cm³/mol. The number of phenols is 2. The van der Waals surface area contributed by atoms with E-state index in [2.05, 4.69) is 0 Å². The van der Waals surface area contributed by atoms with E-state index in [0.717, 1.165) is 0 Å². The van der Waals surface area contributed by atoms with E-state index in [9.17, 15) is 20.1 Å². The van der Waals surface area contributed by atoms with Gasteiger partial charge >= 0.3 is 0 Å². The highest BCUT2D eigenvalue weighted by atomic mass is 16.6. The second kappa shape index (κ2) is 8.10. The molecule has 8 heteroatoms. The molecule has 2 atom stereocenters. The van der Waals surface area contributed by atoms with Crippen LogP contribution in [0.25, 0.3) is 6.08 Å². The summed E-state index contributed by atoms with van der Waals surface area (Å²) in [5, 5.41) is 29.6. The number of phenolic OH excluding ortho intramolecular Hbond substituents is 2. The van der Waals surface area contributed by atoms with E-state index in [-0.39, 0.29) is 18.1 Å². The summed E-state index contributed by atoms with van der Waals surface area (Å²) in [5.74, 6) is 0.308. The van der Waals surface area contributed by atoms with Gasteiger partial charge in [0.05, 0.1) is 20.8 Å². The molecule has 0 aromatic heterocycles. The fourth-order valence-electron chi connectivity index (χ4n) is 2.97. The normalized spacial score (nSPS) is 18.1. The number of rotatable bonds is 6. The Morgan fingerprint density at radius 1 is 1.07 bits per heavy atom. The van der Waals surface area contributed by atoms with Crippen molar-refractivity contribution in [3.05, 3.63) is 41.5 Å². The number of aromatic hydroxyl groups is 2. The lowest BCUT2D eigenvalue weighted by molar-refractivity contribution is -0.104. The first kappa shape index (κ1) is 19.4. The van der Waals surface area contributed by atoms with Crippen LogP contribution in [-0.4, -0.2) is 48.5 Å². The number of hydrogen-bond donors (Lipinski definition) is 3. The average molecular weight is 388 g/mol. The summed E-state index contributed by atoms with van der Waals surface area (Å²) < 4.78 is 22.3. The summed E-state index contributed by atoms with van der Waals surface area (Å²) in [4.78, 5) is 10.6. The third-order valence-corrected chi connectivity index (χ3v) is 4.30. The number of ether oxygens (including phenoxy) is 4. The molecule has 8 nitrogen and oxygen atoms in total. The minimum Gasteiger partial charge on any atom is -0.504 e. The third kappa shape index (κ3) is 3.54. The average Bonchev–Trinajstić information content (AvgIpc) is 2.72. The Labute approximate surface area is 161 Å². The maximum Gasteiger partial charge on any atom is 0.204 e. The van der Waals surface area contributed by atoms with Crippen LogP contribution in [0.5, 0.6) is 34.5 Å². The molecule has 0 spiro atoms. The van der Waals surface area contributed by atoms with Crippen molar-refractivity contribution >= 4 is 12.4 Å². The van der Waals surface area contributed by atoms with Gasteiger partial charge in [0.2, 0.25) is 11.5 Å². The Balaban J connectivity index is 2.07. The van der Waals surface area contributed by atoms with Crippen LogP contribution in [0.1, 0.15) is 17.2 Å². The minimum absolute atomic E-state index is 0.0568. The summed E-state index contributed by atoms with van der Waals surface area (Å²) >= 11 is 0. The van der Waals surface area contributed by atoms with Gasteiger partial charge in [0, 0.05) is 5.56 Å². The Hall–Kier alpha value is -3.39. The maximum absolute atomic E-state index is 10.6. The van der Waals surface area contributed by atoms with E-state index in [1.165, 1.54) is 32.4 Å². The molecule has 0 radical (unpaired) electrons. The molecule has 2 aromatic carbocycles. The Kier molecular flexibility index (Phi) is 5.60. The Morgan fingerprint density at radius 2 is 1.82 bits per heavy atom. The number of aldehydes is 1. The molecule has 0 unspecified atom stereocenters. The van der Waals surface area contributed by atoms with Crippen molar-refractivity contribution in [2.75, 3.05) is 20.8 Å². The lowest BCUT2D eigenvalue weighted by atomic mass is 10.0. The zero-order chi connectivity index (χ0) is 20.3. The Morgan fingerprint density at radius 3 is 2.46 bits per heavy atom. The molecule has 0 saturated carbocycles. The lowest BCUT2D eigenvalue weighted by Crippen LogP contribution is -2.36. The number of aliphatic hydroxyl groups is 1. The van der Waals surface area contributed by atoms with Crippen molar-refractivity contribution in [3.63, 3.8) is 0 Å².